The highest BCUT2D eigenvalue weighted by Gasteiger charge is 2.27. The first-order chi connectivity index (χ1) is 6.88. The number of alkyl halides is 1. The van der Waals surface area contributed by atoms with Crippen molar-refractivity contribution in [2.45, 2.75) is 19.4 Å². The van der Waals surface area contributed by atoms with E-state index in [1.54, 1.807) is 16.2 Å². The third kappa shape index (κ3) is 3.17. The lowest BCUT2D eigenvalue weighted by Crippen LogP contribution is -2.46. The number of rotatable bonds is 3. The second-order valence-electron chi connectivity index (χ2n) is 3.95. The molecule has 1 aromatic rings. The van der Waals surface area contributed by atoms with Crippen molar-refractivity contribution in [2.75, 3.05) is 12.4 Å². The largest absolute Gasteiger partial charge is 0.336 e. The second-order valence-corrected chi connectivity index (χ2v) is 7.32. The molecule has 0 fully saturated rings. The van der Waals surface area contributed by atoms with Crippen LogP contribution in [0, 0.1) is 2.88 Å². The van der Waals surface area contributed by atoms with Gasteiger partial charge >= 0.3 is 0 Å². The highest BCUT2D eigenvalue weighted by Crippen LogP contribution is 2.22. The van der Waals surface area contributed by atoms with Crippen LogP contribution in [-0.2, 0) is 0 Å². The molecule has 1 rings (SSSR count). The number of halogens is 2. The lowest BCUT2D eigenvalue weighted by Gasteiger charge is -2.33. The molecule has 2 nitrogen and oxygen atoms in total. The molecule has 0 N–H and O–H groups in total. The summed E-state index contributed by atoms with van der Waals surface area (Å²) in [5.41, 5.74) is 0.616. The van der Waals surface area contributed by atoms with Crippen molar-refractivity contribution in [3.05, 3.63) is 19.9 Å². The third-order valence-corrected chi connectivity index (χ3v) is 5.52. The van der Waals surface area contributed by atoms with Crippen molar-refractivity contribution >= 4 is 55.8 Å². The van der Waals surface area contributed by atoms with Crippen LogP contribution in [0.1, 0.15) is 24.2 Å². The Bertz CT molecular complexity index is 364. The molecule has 0 saturated heterocycles. The number of carbonyl (C=O) groups excluding carboxylic acids is 1. The van der Waals surface area contributed by atoms with Crippen molar-refractivity contribution in [2.24, 2.45) is 0 Å². The monoisotopic (exact) mass is 401 g/mol. The first kappa shape index (κ1) is 13.4. The average molecular weight is 402 g/mol. The normalized spacial score (nSPS) is 11.5. The smallest absolute Gasteiger partial charge is 0.254 e. The first-order valence-corrected chi connectivity index (χ1v) is 7.54. The molecule has 0 aliphatic heterocycles. The molecule has 0 bridgehead atoms. The van der Waals surface area contributed by atoms with Crippen LogP contribution in [-0.4, -0.2) is 28.7 Å². The van der Waals surface area contributed by atoms with E-state index in [9.17, 15) is 4.79 Å². The minimum absolute atomic E-state index is 0.0821. The zero-order chi connectivity index (χ0) is 11.6. The van der Waals surface area contributed by atoms with Gasteiger partial charge in [-0.2, -0.15) is 0 Å². The maximum atomic E-state index is 12.1. The van der Waals surface area contributed by atoms with Crippen LogP contribution in [0.2, 0.25) is 0 Å². The maximum absolute atomic E-state index is 12.1. The van der Waals surface area contributed by atoms with Gasteiger partial charge in [-0.3, -0.25) is 4.79 Å². The Kier molecular flexibility index (Phi) is 4.61. The fourth-order valence-electron chi connectivity index (χ4n) is 0.980. The highest BCUT2D eigenvalue weighted by atomic mass is 127. The average Bonchev–Trinajstić information content (AvgIpc) is 2.62. The molecule has 5 heteroatoms. The molecular formula is C10H13BrINOS. The van der Waals surface area contributed by atoms with E-state index in [4.69, 9.17) is 0 Å². The summed E-state index contributed by atoms with van der Waals surface area (Å²) in [6.45, 7) is 4.08. The van der Waals surface area contributed by atoms with Crippen molar-refractivity contribution < 1.29 is 4.79 Å². The van der Waals surface area contributed by atoms with Crippen LogP contribution < -0.4 is 0 Å². The summed E-state index contributed by atoms with van der Waals surface area (Å²) >= 11 is 7.25. The van der Waals surface area contributed by atoms with Gasteiger partial charge in [0.25, 0.3) is 5.91 Å². The van der Waals surface area contributed by atoms with E-state index in [1.165, 1.54) is 0 Å². The Morgan fingerprint density at radius 1 is 1.67 bits per heavy atom. The number of carbonyl (C=O) groups is 1. The second kappa shape index (κ2) is 5.14. The fourth-order valence-corrected chi connectivity index (χ4v) is 2.68. The minimum atomic E-state index is -0.162. The van der Waals surface area contributed by atoms with E-state index >= 15 is 0 Å². The van der Waals surface area contributed by atoms with Gasteiger partial charge in [-0.15, -0.1) is 11.3 Å². The summed E-state index contributed by atoms with van der Waals surface area (Å²) in [7, 11) is 1.84. The Balaban J connectivity index is 2.86. The molecule has 15 heavy (non-hydrogen) atoms. The number of hydrogen-bond donors (Lipinski definition) is 0. The molecule has 84 valence electrons. The van der Waals surface area contributed by atoms with E-state index in [2.05, 4.69) is 38.5 Å². The molecule has 0 aliphatic rings. The van der Waals surface area contributed by atoms with Crippen molar-refractivity contribution in [3.8, 4) is 0 Å². The fraction of sp³-hybridized carbons (Fsp3) is 0.500. The summed E-state index contributed by atoms with van der Waals surface area (Å²) in [6, 6.07) is 1.92. The van der Waals surface area contributed by atoms with Crippen molar-refractivity contribution in [1.29, 1.82) is 0 Å². The van der Waals surface area contributed by atoms with Gasteiger partial charge in [0.2, 0.25) is 0 Å². The Morgan fingerprint density at radius 2 is 2.27 bits per heavy atom. The highest BCUT2D eigenvalue weighted by molar-refractivity contribution is 14.1. The van der Waals surface area contributed by atoms with Crippen LogP contribution in [0.25, 0.3) is 0 Å². The van der Waals surface area contributed by atoms with Crippen LogP contribution in [0.3, 0.4) is 0 Å². The zero-order valence-corrected chi connectivity index (χ0v) is 13.4. The number of amides is 1. The van der Waals surface area contributed by atoms with Gasteiger partial charge in [-0.05, 0) is 42.5 Å². The van der Waals surface area contributed by atoms with Gasteiger partial charge < -0.3 is 4.90 Å². The van der Waals surface area contributed by atoms with Gasteiger partial charge in [-0.1, -0.05) is 15.9 Å². The molecule has 0 atom stereocenters. The molecule has 0 unspecified atom stereocenters. The van der Waals surface area contributed by atoms with Crippen LogP contribution >= 0.6 is 49.9 Å². The van der Waals surface area contributed by atoms with Gasteiger partial charge in [0.05, 0.1) is 8.45 Å². The van der Waals surface area contributed by atoms with E-state index in [0.29, 0.717) is 0 Å². The summed E-state index contributed by atoms with van der Waals surface area (Å²) in [5.74, 6) is 0.0821. The topological polar surface area (TPSA) is 20.3 Å². The maximum Gasteiger partial charge on any atom is 0.254 e. The molecule has 1 heterocycles. The van der Waals surface area contributed by atoms with Gasteiger partial charge in [0.15, 0.2) is 0 Å². The van der Waals surface area contributed by atoms with Crippen LogP contribution in [0.4, 0.5) is 0 Å². The summed E-state index contributed by atoms with van der Waals surface area (Å²) in [6.07, 6.45) is 0. The molecule has 0 spiro atoms. The summed E-state index contributed by atoms with van der Waals surface area (Å²) < 4.78 is 1.14. The van der Waals surface area contributed by atoms with E-state index in [0.717, 1.165) is 13.8 Å². The van der Waals surface area contributed by atoms with E-state index < -0.39 is 0 Å². The predicted molar refractivity (Wildman–Crippen MR) is 77.0 cm³/mol. The Morgan fingerprint density at radius 3 is 2.67 bits per heavy atom. The molecule has 0 radical (unpaired) electrons. The van der Waals surface area contributed by atoms with Crippen LogP contribution in [0.15, 0.2) is 11.4 Å². The predicted octanol–water partition coefficient (Wildman–Crippen LogP) is 3.60. The van der Waals surface area contributed by atoms with Gasteiger partial charge in [-0.25, -0.2) is 0 Å². The van der Waals surface area contributed by atoms with Crippen molar-refractivity contribution in [3.63, 3.8) is 0 Å². The summed E-state index contributed by atoms with van der Waals surface area (Å²) in [5, 5.41) is 2.67. The Hall–Kier alpha value is 0.380. The number of nitrogens with zero attached hydrogens (tertiary/aromatic N) is 1. The minimum Gasteiger partial charge on any atom is -0.336 e. The summed E-state index contributed by atoms with van der Waals surface area (Å²) in [4.78, 5) is 13.8. The molecule has 0 aliphatic carbocycles. The lowest BCUT2D eigenvalue weighted by atomic mass is 10.1. The quantitative estimate of drug-likeness (QED) is 0.559. The third-order valence-electron chi connectivity index (χ3n) is 2.35. The molecular weight excluding hydrogens is 389 g/mol. The molecule has 1 amide bonds. The van der Waals surface area contributed by atoms with Crippen molar-refractivity contribution in [1.82, 2.24) is 4.90 Å². The SMILES string of the molecule is CN(C(=O)c1csc(I)c1)C(C)(C)CBr. The zero-order valence-electron chi connectivity index (χ0n) is 8.88. The number of thiophene rings is 1. The lowest BCUT2D eigenvalue weighted by molar-refractivity contribution is 0.0664. The molecule has 1 aromatic heterocycles. The molecule has 0 aromatic carbocycles. The number of hydrogen-bond acceptors (Lipinski definition) is 2. The van der Waals surface area contributed by atoms with E-state index in [1.807, 2.05) is 32.3 Å². The van der Waals surface area contributed by atoms with Gasteiger partial charge in [0, 0.05) is 23.3 Å². The van der Waals surface area contributed by atoms with E-state index in [-0.39, 0.29) is 11.4 Å². The van der Waals surface area contributed by atoms with Crippen LogP contribution in [0.5, 0.6) is 0 Å². The Labute approximate surface area is 116 Å². The standard InChI is InChI=1S/C10H13BrINOS/c1-10(2,6-11)13(3)9(14)7-4-8(12)15-5-7/h4-5H,6H2,1-3H3. The van der Waals surface area contributed by atoms with Gasteiger partial charge in [0.1, 0.15) is 0 Å². The first-order valence-electron chi connectivity index (χ1n) is 4.46. The molecule has 0 saturated carbocycles.